The molecule has 1 amide bonds. The van der Waals surface area contributed by atoms with E-state index >= 15 is 0 Å². The van der Waals surface area contributed by atoms with Gasteiger partial charge in [-0.25, -0.2) is 4.98 Å². The van der Waals surface area contributed by atoms with E-state index in [1.165, 1.54) is 19.0 Å². The topological polar surface area (TPSA) is 42.0 Å². The predicted octanol–water partition coefficient (Wildman–Crippen LogP) is 3.04. The summed E-state index contributed by atoms with van der Waals surface area (Å²) in [6.07, 6.45) is 6.15. The summed E-state index contributed by atoms with van der Waals surface area (Å²) in [4.78, 5) is 15.8. The Kier molecular flexibility index (Phi) is 4.00. The zero-order valence-electron chi connectivity index (χ0n) is 9.95. The zero-order valence-corrected chi connectivity index (χ0v) is 10.7. The number of amides is 1. The molecule has 1 heterocycles. The number of nitrogens with zero attached hydrogens (tertiary/aromatic N) is 1. The zero-order chi connectivity index (χ0) is 12.3. The summed E-state index contributed by atoms with van der Waals surface area (Å²) >= 11 is 5.68. The molecular weight excluding hydrogens is 236 g/mol. The molecule has 1 fully saturated rings. The van der Waals surface area contributed by atoms with Gasteiger partial charge in [0.05, 0.1) is 5.56 Å². The van der Waals surface area contributed by atoms with Crippen molar-refractivity contribution in [3.05, 3.63) is 29.0 Å². The number of nitrogens with one attached hydrogen (secondary N) is 1. The molecule has 17 heavy (non-hydrogen) atoms. The van der Waals surface area contributed by atoms with Gasteiger partial charge in [-0.2, -0.15) is 0 Å². The lowest BCUT2D eigenvalue weighted by atomic mass is 9.87. The second-order valence-corrected chi connectivity index (χ2v) is 5.20. The van der Waals surface area contributed by atoms with Crippen molar-refractivity contribution in [3.63, 3.8) is 0 Å². The summed E-state index contributed by atoms with van der Waals surface area (Å²) in [5.74, 6) is 0.658. The van der Waals surface area contributed by atoms with Gasteiger partial charge in [0.2, 0.25) is 0 Å². The molecule has 1 saturated carbocycles. The lowest BCUT2D eigenvalue weighted by Gasteiger charge is -2.27. The molecule has 1 aliphatic carbocycles. The summed E-state index contributed by atoms with van der Waals surface area (Å²) in [5, 5.41) is 3.47. The van der Waals surface area contributed by atoms with Gasteiger partial charge in [0.15, 0.2) is 0 Å². The fourth-order valence-corrected chi connectivity index (χ4v) is 2.46. The van der Waals surface area contributed by atoms with Gasteiger partial charge >= 0.3 is 0 Å². The highest BCUT2D eigenvalue weighted by Gasteiger charge is 2.20. The van der Waals surface area contributed by atoms with E-state index < -0.39 is 0 Å². The minimum atomic E-state index is -0.0479. The summed E-state index contributed by atoms with van der Waals surface area (Å²) in [5.41, 5.74) is 0.577. The number of hydrogen-bond acceptors (Lipinski definition) is 2. The van der Waals surface area contributed by atoms with Crippen LogP contribution in [0.3, 0.4) is 0 Å². The SMILES string of the molecule is CC1CCCC(NC(=O)c2ccc(Cl)nc2)C1. The van der Waals surface area contributed by atoms with Gasteiger partial charge in [-0.05, 0) is 30.9 Å². The van der Waals surface area contributed by atoms with Crippen LogP contribution in [0.4, 0.5) is 0 Å². The van der Waals surface area contributed by atoms with Crippen LogP contribution in [-0.2, 0) is 0 Å². The molecule has 2 unspecified atom stereocenters. The van der Waals surface area contributed by atoms with E-state index in [2.05, 4.69) is 17.2 Å². The van der Waals surface area contributed by atoms with Crippen LogP contribution in [-0.4, -0.2) is 16.9 Å². The fraction of sp³-hybridized carbons (Fsp3) is 0.538. The summed E-state index contributed by atoms with van der Waals surface area (Å²) in [6, 6.07) is 3.65. The van der Waals surface area contributed by atoms with Crippen LogP contribution in [0.5, 0.6) is 0 Å². The fourth-order valence-electron chi connectivity index (χ4n) is 2.34. The largest absolute Gasteiger partial charge is 0.349 e. The highest BCUT2D eigenvalue weighted by Crippen LogP contribution is 2.23. The first-order valence-corrected chi connectivity index (χ1v) is 6.45. The molecule has 0 aliphatic heterocycles. The molecule has 3 nitrogen and oxygen atoms in total. The van der Waals surface area contributed by atoms with Gasteiger partial charge in [-0.1, -0.05) is 31.4 Å². The van der Waals surface area contributed by atoms with E-state index in [0.717, 1.165) is 12.8 Å². The van der Waals surface area contributed by atoms with Crippen molar-refractivity contribution >= 4 is 17.5 Å². The third-order valence-corrected chi connectivity index (χ3v) is 3.48. The Hall–Kier alpha value is -1.09. The molecule has 2 atom stereocenters. The van der Waals surface area contributed by atoms with E-state index in [-0.39, 0.29) is 5.91 Å². The number of pyridine rings is 1. The Balaban J connectivity index is 1.94. The van der Waals surface area contributed by atoms with Crippen LogP contribution < -0.4 is 5.32 Å². The van der Waals surface area contributed by atoms with Gasteiger partial charge < -0.3 is 5.32 Å². The monoisotopic (exact) mass is 252 g/mol. The van der Waals surface area contributed by atoms with Gasteiger partial charge in [0.25, 0.3) is 5.91 Å². The van der Waals surface area contributed by atoms with Crippen molar-refractivity contribution in [2.24, 2.45) is 5.92 Å². The Morgan fingerprint density at radius 2 is 2.29 bits per heavy atom. The maximum Gasteiger partial charge on any atom is 0.253 e. The standard InChI is InChI=1S/C13H17ClN2O/c1-9-3-2-4-11(7-9)16-13(17)10-5-6-12(14)15-8-10/h5-6,8-9,11H,2-4,7H2,1H3,(H,16,17). The van der Waals surface area contributed by atoms with Crippen LogP contribution in [0.1, 0.15) is 43.0 Å². The molecule has 1 N–H and O–H groups in total. The summed E-state index contributed by atoms with van der Waals surface area (Å²) in [7, 11) is 0. The number of hydrogen-bond donors (Lipinski definition) is 1. The second-order valence-electron chi connectivity index (χ2n) is 4.81. The Morgan fingerprint density at radius 1 is 1.47 bits per heavy atom. The number of aromatic nitrogens is 1. The van der Waals surface area contributed by atoms with Crippen molar-refractivity contribution < 1.29 is 4.79 Å². The van der Waals surface area contributed by atoms with Crippen LogP contribution in [0, 0.1) is 5.92 Å². The first kappa shape index (κ1) is 12.4. The highest BCUT2D eigenvalue weighted by molar-refractivity contribution is 6.29. The minimum Gasteiger partial charge on any atom is -0.349 e. The van der Waals surface area contributed by atoms with E-state index in [4.69, 9.17) is 11.6 Å². The number of rotatable bonds is 2. The van der Waals surface area contributed by atoms with E-state index in [9.17, 15) is 4.79 Å². The lowest BCUT2D eigenvalue weighted by molar-refractivity contribution is 0.0921. The van der Waals surface area contributed by atoms with Crippen LogP contribution in [0.25, 0.3) is 0 Å². The molecule has 2 rings (SSSR count). The Labute approximate surface area is 107 Å². The maximum atomic E-state index is 11.9. The summed E-state index contributed by atoms with van der Waals surface area (Å²) < 4.78 is 0. The van der Waals surface area contributed by atoms with Crippen molar-refractivity contribution in [2.45, 2.75) is 38.6 Å². The first-order valence-electron chi connectivity index (χ1n) is 6.07. The van der Waals surface area contributed by atoms with E-state index in [1.807, 2.05) is 0 Å². The third-order valence-electron chi connectivity index (χ3n) is 3.26. The van der Waals surface area contributed by atoms with Crippen molar-refractivity contribution in [1.29, 1.82) is 0 Å². The summed E-state index contributed by atoms with van der Waals surface area (Å²) in [6.45, 7) is 2.24. The van der Waals surface area contributed by atoms with Crippen LogP contribution in [0.15, 0.2) is 18.3 Å². The number of carbonyl (C=O) groups is 1. The molecule has 92 valence electrons. The van der Waals surface area contributed by atoms with Crippen molar-refractivity contribution in [2.75, 3.05) is 0 Å². The van der Waals surface area contributed by atoms with E-state index in [1.54, 1.807) is 12.1 Å². The van der Waals surface area contributed by atoms with Crippen molar-refractivity contribution in [3.8, 4) is 0 Å². The molecule has 1 aromatic heterocycles. The van der Waals surface area contributed by atoms with Gasteiger partial charge in [0, 0.05) is 12.2 Å². The molecule has 1 aliphatic rings. The molecule has 0 saturated heterocycles. The molecule has 1 aromatic rings. The number of halogens is 1. The maximum absolute atomic E-state index is 11.9. The normalized spacial score (nSPS) is 24.4. The molecule has 0 bridgehead atoms. The quantitative estimate of drug-likeness (QED) is 0.822. The van der Waals surface area contributed by atoms with Crippen LogP contribution >= 0.6 is 11.6 Å². The smallest absolute Gasteiger partial charge is 0.253 e. The van der Waals surface area contributed by atoms with Crippen LogP contribution in [0.2, 0.25) is 5.15 Å². The predicted molar refractivity (Wildman–Crippen MR) is 68.1 cm³/mol. The first-order chi connectivity index (χ1) is 8.15. The van der Waals surface area contributed by atoms with Crippen molar-refractivity contribution in [1.82, 2.24) is 10.3 Å². The molecular formula is C13H17ClN2O. The average Bonchev–Trinajstić information content (AvgIpc) is 2.29. The minimum absolute atomic E-state index is 0.0479. The number of carbonyl (C=O) groups excluding carboxylic acids is 1. The average molecular weight is 253 g/mol. The highest BCUT2D eigenvalue weighted by atomic mass is 35.5. The van der Waals surface area contributed by atoms with Gasteiger partial charge in [-0.3, -0.25) is 4.79 Å². The Bertz CT molecular complexity index is 391. The van der Waals surface area contributed by atoms with E-state index in [0.29, 0.717) is 22.7 Å². The lowest BCUT2D eigenvalue weighted by Crippen LogP contribution is -2.38. The Morgan fingerprint density at radius 3 is 2.94 bits per heavy atom. The van der Waals surface area contributed by atoms with Gasteiger partial charge in [0.1, 0.15) is 5.15 Å². The molecule has 0 aromatic carbocycles. The third kappa shape index (κ3) is 3.43. The molecule has 4 heteroatoms. The molecule has 0 radical (unpaired) electrons. The molecule has 0 spiro atoms. The second kappa shape index (κ2) is 5.50. The van der Waals surface area contributed by atoms with Gasteiger partial charge in [-0.15, -0.1) is 0 Å².